The zero-order valence-electron chi connectivity index (χ0n) is 8.93. The molecule has 1 saturated heterocycles. The van der Waals surface area contributed by atoms with Gasteiger partial charge in [0, 0.05) is 6.54 Å². The molecule has 1 saturated carbocycles. The van der Waals surface area contributed by atoms with Gasteiger partial charge in [-0.1, -0.05) is 0 Å². The summed E-state index contributed by atoms with van der Waals surface area (Å²) in [4.78, 5) is 0. The summed E-state index contributed by atoms with van der Waals surface area (Å²) < 4.78 is 5.78. The lowest BCUT2D eigenvalue weighted by Gasteiger charge is -2.22. The highest BCUT2D eigenvalue weighted by Gasteiger charge is 2.20. The van der Waals surface area contributed by atoms with Crippen LogP contribution in [0.15, 0.2) is 0 Å². The minimum atomic E-state index is 0.513. The molecule has 3 nitrogen and oxygen atoms in total. The topological polar surface area (TPSA) is 33.3 Å². The van der Waals surface area contributed by atoms with Gasteiger partial charge in [-0.3, -0.25) is 0 Å². The van der Waals surface area contributed by atoms with Crippen molar-refractivity contribution in [2.24, 2.45) is 5.92 Å². The Labute approximate surface area is 86.6 Å². The van der Waals surface area contributed by atoms with E-state index in [1.807, 2.05) is 0 Å². The fraction of sp³-hybridized carbons (Fsp3) is 1.00. The molecule has 1 aliphatic carbocycles. The van der Waals surface area contributed by atoms with Crippen LogP contribution in [0.4, 0.5) is 0 Å². The molecule has 0 unspecified atom stereocenters. The third-order valence-electron chi connectivity index (χ3n) is 3.05. The molecular weight excluding hydrogens is 176 g/mol. The standard InChI is InChI=1S/C11H22N2O/c1-2-10(1)9-13-7-8-14-11-3-5-12-6-4-11/h10-13H,1-9H2. The second kappa shape index (κ2) is 5.69. The summed E-state index contributed by atoms with van der Waals surface area (Å²) in [6.45, 7) is 5.37. The van der Waals surface area contributed by atoms with Crippen molar-refractivity contribution in [3.8, 4) is 0 Å². The van der Waals surface area contributed by atoms with Gasteiger partial charge in [-0.2, -0.15) is 0 Å². The lowest BCUT2D eigenvalue weighted by Crippen LogP contribution is -2.34. The Balaban J connectivity index is 1.41. The normalized spacial score (nSPS) is 24.0. The van der Waals surface area contributed by atoms with Crippen LogP contribution >= 0.6 is 0 Å². The molecule has 2 rings (SSSR count). The fourth-order valence-electron chi connectivity index (χ4n) is 1.89. The molecule has 2 N–H and O–H groups in total. The Hall–Kier alpha value is -0.120. The van der Waals surface area contributed by atoms with E-state index in [0.717, 1.165) is 32.2 Å². The quantitative estimate of drug-likeness (QED) is 0.618. The smallest absolute Gasteiger partial charge is 0.0600 e. The highest BCUT2D eigenvalue weighted by molar-refractivity contribution is 4.75. The van der Waals surface area contributed by atoms with Crippen molar-refractivity contribution in [2.75, 3.05) is 32.8 Å². The molecule has 1 heterocycles. The lowest BCUT2D eigenvalue weighted by atomic mass is 10.1. The first-order valence-electron chi connectivity index (χ1n) is 5.98. The first-order valence-corrected chi connectivity index (χ1v) is 5.98. The van der Waals surface area contributed by atoms with E-state index in [-0.39, 0.29) is 0 Å². The van der Waals surface area contributed by atoms with Gasteiger partial charge in [-0.15, -0.1) is 0 Å². The number of hydrogen-bond acceptors (Lipinski definition) is 3. The molecule has 0 spiro atoms. The van der Waals surface area contributed by atoms with E-state index in [4.69, 9.17) is 4.74 Å². The second-order valence-electron chi connectivity index (χ2n) is 4.47. The van der Waals surface area contributed by atoms with Crippen LogP contribution in [0.2, 0.25) is 0 Å². The van der Waals surface area contributed by atoms with Crippen LogP contribution in [-0.4, -0.2) is 38.9 Å². The highest BCUT2D eigenvalue weighted by Crippen LogP contribution is 2.27. The minimum absolute atomic E-state index is 0.513. The maximum atomic E-state index is 5.78. The number of nitrogens with one attached hydrogen (secondary N) is 2. The summed E-state index contributed by atoms with van der Waals surface area (Å²) in [7, 11) is 0. The molecule has 0 aromatic carbocycles. The van der Waals surface area contributed by atoms with Crippen LogP contribution in [0.1, 0.15) is 25.7 Å². The van der Waals surface area contributed by atoms with Crippen molar-refractivity contribution >= 4 is 0 Å². The maximum absolute atomic E-state index is 5.78. The van der Waals surface area contributed by atoms with E-state index < -0.39 is 0 Å². The summed E-state index contributed by atoms with van der Waals surface area (Å²) in [6.07, 6.45) is 5.74. The van der Waals surface area contributed by atoms with Crippen LogP contribution in [0, 0.1) is 5.92 Å². The number of ether oxygens (including phenoxy) is 1. The van der Waals surface area contributed by atoms with E-state index >= 15 is 0 Å². The Morgan fingerprint density at radius 2 is 1.93 bits per heavy atom. The predicted octanol–water partition coefficient (Wildman–Crippen LogP) is 0.755. The van der Waals surface area contributed by atoms with Gasteiger partial charge in [0.1, 0.15) is 0 Å². The summed E-state index contributed by atoms with van der Waals surface area (Å²) in [5.74, 6) is 0.980. The molecule has 0 radical (unpaired) electrons. The summed E-state index contributed by atoms with van der Waals surface area (Å²) in [6, 6.07) is 0. The zero-order chi connectivity index (χ0) is 9.64. The average Bonchev–Trinajstić information content (AvgIpc) is 3.03. The van der Waals surface area contributed by atoms with Gasteiger partial charge < -0.3 is 15.4 Å². The third-order valence-corrected chi connectivity index (χ3v) is 3.05. The van der Waals surface area contributed by atoms with Gasteiger partial charge >= 0.3 is 0 Å². The van der Waals surface area contributed by atoms with Crippen molar-refractivity contribution in [1.29, 1.82) is 0 Å². The number of piperidine rings is 1. The molecule has 2 fully saturated rings. The number of rotatable bonds is 6. The largest absolute Gasteiger partial charge is 0.377 e. The molecule has 82 valence electrons. The van der Waals surface area contributed by atoms with Gasteiger partial charge in [0.15, 0.2) is 0 Å². The van der Waals surface area contributed by atoms with Crippen molar-refractivity contribution in [1.82, 2.24) is 10.6 Å². The van der Waals surface area contributed by atoms with Crippen molar-refractivity contribution < 1.29 is 4.74 Å². The van der Waals surface area contributed by atoms with E-state index in [1.165, 1.54) is 32.2 Å². The second-order valence-corrected chi connectivity index (χ2v) is 4.47. The molecule has 1 aliphatic heterocycles. The van der Waals surface area contributed by atoms with E-state index in [2.05, 4.69) is 10.6 Å². The highest BCUT2D eigenvalue weighted by atomic mass is 16.5. The average molecular weight is 198 g/mol. The van der Waals surface area contributed by atoms with Gasteiger partial charge in [0.05, 0.1) is 12.7 Å². The molecule has 0 bridgehead atoms. The molecule has 0 aromatic heterocycles. The molecular formula is C11H22N2O. The Morgan fingerprint density at radius 3 is 2.64 bits per heavy atom. The zero-order valence-corrected chi connectivity index (χ0v) is 8.93. The van der Waals surface area contributed by atoms with Gasteiger partial charge in [0.2, 0.25) is 0 Å². The van der Waals surface area contributed by atoms with Crippen LogP contribution in [0.5, 0.6) is 0 Å². The van der Waals surface area contributed by atoms with Crippen LogP contribution in [0.3, 0.4) is 0 Å². The van der Waals surface area contributed by atoms with Gasteiger partial charge in [0.25, 0.3) is 0 Å². The first kappa shape index (κ1) is 10.4. The summed E-state index contributed by atoms with van der Waals surface area (Å²) >= 11 is 0. The Bertz CT molecular complexity index is 153. The lowest BCUT2D eigenvalue weighted by molar-refractivity contribution is 0.0348. The van der Waals surface area contributed by atoms with Gasteiger partial charge in [-0.05, 0) is 51.2 Å². The SMILES string of the molecule is C1CC(OCCNCC2CC2)CCN1. The van der Waals surface area contributed by atoms with Crippen LogP contribution in [0.25, 0.3) is 0 Å². The minimum Gasteiger partial charge on any atom is -0.377 e. The van der Waals surface area contributed by atoms with Crippen LogP contribution in [-0.2, 0) is 4.74 Å². The van der Waals surface area contributed by atoms with E-state index in [0.29, 0.717) is 6.10 Å². The Kier molecular flexibility index (Phi) is 4.22. The van der Waals surface area contributed by atoms with Crippen molar-refractivity contribution in [3.63, 3.8) is 0 Å². The summed E-state index contributed by atoms with van der Waals surface area (Å²) in [5.41, 5.74) is 0. The van der Waals surface area contributed by atoms with E-state index in [9.17, 15) is 0 Å². The third kappa shape index (κ3) is 3.95. The first-order chi connectivity index (χ1) is 6.95. The molecule has 0 aromatic rings. The van der Waals surface area contributed by atoms with Crippen molar-refractivity contribution in [2.45, 2.75) is 31.8 Å². The van der Waals surface area contributed by atoms with E-state index in [1.54, 1.807) is 0 Å². The maximum Gasteiger partial charge on any atom is 0.0600 e. The molecule has 14 heavy (non-hydrogen) atoms. The van der Waals surface area contributed by atoms with Crippen molar-refractivity contribution in [3.05, 3.63) is 0 Å². The van der Waals surface area contributed by atoms with Crippen LogP contribution < -0.4 is 10.6 Å². The fourth-order valence-corrected chi connectivity index (χ4v) is 1.89. The molecule has 2 aliphatic rings. The summed E-state index contributed by atoms with van der Waals surface area (Å²) in [5, 5.41) is 6.79. The number of hydrogen-bond donors (Lipinski definition) is 2. The van der Waals surface area contributed by atoms with Gasteiger partial charge in [-0.25, -0.2) is 0 Å². The monoisotopic (exact) mass is 198 g/mol. The molecule has 0 amide bonds. The predicted molar refractivity (Wildman–Crippen MR) is 57.4 cm³/mol. The molecule has 0 atom stereocenters. The molecule has 3 heteroatoms. The Morgan fingerprint density at radius 1 is 1.14 bits per heavy atom.